The Kier molecular flexibility index (Phi) is 26.8. The molecular formula is C21H47N3. The predicted octanol–water partition coefficient (Wildman–Crippen LogP) is 6.12. The highest BCUT2D eigenvalue weighted by atomic mass is 14.8. The van der Waals surface area contributed by atoms with Gasteiger partial charge in [-0.2, -0.15) is 0 Å². The van der Waals surface area contributed by atoms with Gasteiger partial charge in [0.05, 0.1) is 0 Å². The third-order valence-electron chi connectivity index (χ3n) is 4.42. The molecule has 0 rings (SSSR count). The molecule has 3 nitrogen and oxygen atoms in total. The van der Waals surface area contributed by atoms with Gasteiger partial charge in [0.2, 0.25) is 0 Å². The van der Waals surface area contributed by atoms with Crippen LogP contribution in [0, 0.1) is 0 Å². The number of hydrogen-bond acceptors (Lipinski definition) is 3. The molecule has 0 saturated carbocycles. The Morgan fingerprint density at radius 1 is 0.625 bits per heavy atom. The van der Waals surface area contributed by atoms with Crippen molar-refractivity contribution in [3.8, 4) is 0 Å². The number of unbranched alkanes of at least 4 members (excludes halogenated alkanes) is 12. The van der Waals surface area contributed by atoms with Crippen molar-refractivity contribution in [1.82, 2.24) is 11.5 Å². The Balaban J connectivity index is 0. The monoisotopic (exact) mass is 341 g/mol. The van der Waals surface area contributed by atoms with Gasteiger partial charge >= 0.3 is 0 Å². The first-order valence-corrected chi connectivity index (χ1v) is 10.5. The van der Waals surface area contributed by atoms with Gasteiger partial charge in [-0.3, -0.25) is 0 Å². The number of allylic oxidation sites excluding steroid dienone is 2. The van der Waals surface area contributed by atoms with Gasteiger partial charge in [0.15, 0.2) is 0 Å². The molecule has 0 aliphatic heterocycles. The van der Waals surface area contributed by atoms with Crippen LogP contribution in [-0.2, 0) is 0 Å². The Bertz CT molecular complexity index is 229. The van der Waals surface area contributed by atoms with Gasteiger partial charge < -0.3 is 17.2 Å². The minimum Gasteiger partial charge on any atom is -0.344 e. The SMILES string of the molecule is CCCCCCCC/C=C\CCCCCCCCNCCCN.N. The van der Waals surface area contributed by atoms with Crippen LogP contribution in [-0.4, -0.2) is 19.6 Å². The highest BCUT2D eigenvalue weighted by Gasteiger charge is 1.92. The van der Waals surface area contributed by atoms with Gasteiger partial charge in [-0.05, 0) is 58.2 Å². The highest BCUT2D eigenvalue weighted by Crippen LogP contribution is 2.09. The molecule has 24 heavy (non-hydrogen) atoms. The first-order valence-electron chi connectivity index (χ1n) is 10.5. The molecule has 0 fully saturated rings. The van der Waals surface area contributed by atoms with E-state index in [9.17, 15) is 0 Å². The molecule has 0 spiro atoms. The van der Waals surface area contributed by atoms with Crippen molar-refractivity contribution in [2.24, 2.45) is 5.73 Å². The first kappa shape index (κ1) is 25.9. The van der Waals surface area contributed by atoms with E-state index in [0.29, 0.717) is 0 Å². The lowest BCUT2D eigenvalue weighted by atomic mass is 10.1. The topological polar surface area (TPSA) is 73.0 Å². The van der Waals surface area contributed by atoms with Crippen molar-refractivity contribution >= 4 is 0 Å². The smallest absolute Gasteiger partial charge is 0.00369 e. The molecule has 6 N–H and O–H groups in total. The van der Waals surface area contributed by atoms with Crippen LogP contribution in [0.4, 0.5) is 0 Å². The molecule has 0 bridgehead atoms. The number of hydrogen-bond donors (Lipinski definition) is 3. The molecule has 3 heteroatoms. The summed E-state index contributed by atoms with van der Waals surface area (Å²) in [5, 5.41) is 3.45. The molecule has 0 aromatic rings. The van der Waals surface area contributed by atoms with Crippen LogP contribution in [0.5, 0.6) is 0 Å². The fourth-order valence-electron chi connectivity index (χ4n) is 2.85. The normalized spacial score (nSPS) is 11.1. The maximum absolute atomic E-state index is 5.46. The zero-order chi connectivity index (χ0) is 16.8. The summed E-state index contributed by atoms with van der Waals surface area (Å²) in [6, 6.07) is 0. The van der Waals surface area contributed by atoms with E-state index in [1.165, 1.54) is 96.4 Å². The van der Waals surface area contributed by atoms with E-state index in [1.807, 2.05) is 0 Å². The highest BCUT2D eigenvalue weighted by molar-refractivity contribution is 4.81. The van der Waals surface area contributed by atoms with Crippen LogP contribution in [0.25, 0.3) is 0 Å². The standard InChI is InChI=1S/C21H44N2.H3N/c1-2-3-4-5-6-7-8-9-10-11-12-13-14-15-16-17-20-23-21-18-19-22;/h9-10,23H,2-8,11-22H2,1H3;1H3/b10-9-;. The van der Waals surface area contributed by atoms with E-state index < -0.39 is 0 Å². The molecular weight excluding hydrogens is 294 g/mol. The minimum atomic E-state index is 0. The van der Waals surface area contributed by atoms with Crippen LogP contribution in [0.1, 0.15) is 103 Å². The summed E-state index contributed by atoms with van der Waals surface area (Å²) in [5.74, 6) is 0. The van der Waals surface area contributed by atoms with Gasteiger partial charge in [-0.1, -0.05) is 76.9 Å². The second-order valence-corrected chi connectivity index (χ2v) is 6.83. The van der Waals surface area contributed by atoms with Crippen LogP contribution in [0.2, 0.25) is 0 Å². The van der Waals surface area contributed by atoms with E-state index in [0.717, 1.165) is 19.5 Å². The summed E-state index contributed by atoms with van der Waals surface area (Å²) < 4.78 is 0. The average molecular weight is 342 g/mol. The van der Waals surface area contributed by atoms with Gasteiger partial charge in [-0.15, -0.1) is 0 Å². The molecule has 0 atom stereocenters. The molecule has 0 amide bonds. The van der Waals surface area contributed by atoms with Crippen molar-refractivity contribution in [2.75, 3.05) is 19.6 Å². The molecule has 0 saturated heterocycles. The zero-order valence-electron chi connectivity index (χ0n) is 16.7. The Labute approximate surface area is 152 Å². The van der Waals surface area contributed by atoms with Crippen LogP contribution >= 0.6 is 0 Å². The third kappa shape index (κ3) is 23.9. The lowest BCUT2D eigenvalue weighted by Crippen LogP contribution is -2.19. The Hall–Kier alpha value is -0.380. The minimum absolute atomic E-state index is 0. The number of rotatable bonds is 19. The summed E-state index contributed by atoms with van der Waals surface area (Å²) in [6.45, 7) is 5.34. The largest absolute Gasteiger partial charge is 0.344 e. The fourth-order valence-corrected chi connectivity index (χ4v) is 2.85. The van der Waals surface area contributed by atoms with Gasteiger partial charge in [0, 0.05) is 0 Å². The molecule has 0 heterocycles. The van der Waals surface area contributed by atoms with E-state index in [1.54, 1.807) is 0 Å². The third-order valence-corrected chi connectivity index (χ3v) is 4.42. The summed E-state index contributed by atoms with van der Waals surface area (Å²) in [4.78, 5) is 0. The molecule has 0 radical (unpaired) electrons. The molecule has 0 aromatic carbocycles. The van der Waals surface area contributed by atoms with Crippen molar-refractivity contribution in [3.63, 3.8) is 0 Å². The van der Waals surface area contributed by atoms with Gasteiger partial charge in [0.25, 0.3) is 0 Å². The number of nitrogens with two attached hydrogens (primary N) is 1. The lowest BCUT2D eigenvalue weighted by Gasteiger charge is -2.03. The van der Waals surface area contributed by atoms with Crippen molar-refractivity contribution in [1.29, 1.82) is 0 Å². The van der Waals surface area contributed by atoms with Crippen molar-refractivity contribution < 1.29 is 0 Å². The summed E-state index contributed by atoms with van der Waals surface area (Å²) in [6.07, 6.45) is 25.3. The molecule has 0 aromatic heterocycles. The number of nitrogens with one attached hydrogen (secondary N) is 1. The molecule has 0 aliphatic carbocycles. The van der Waals surface area contributed by atoms with Crippen molar-refractivity contribution in [2.45, 2.75) is 103 Å². The van der Waals surface area contributed by atoms with E-state index >= 15 is 0 Å². The molecule has 0 unspecified atom stereocenters. The van der Waals surface area contributed by atoms with Crippen LogP contribution < -0.4 is 17.2 Å². The van der Waals surface area contributed by atoms with E-state index in [4.69, 9.17) is 5.73 Å². The first-order chi connectivity index (χ1) is 11.4. The predicted molar refractivity (Wildman–Crippen MR) is 111 cm³/mol. The summed E-state index contributed by atoms with van der Waals surface area (Å²) in [7, 11) is 0. The second kappa shape index (κ2) is 24.9. The van der Waals surface area contributed by atoms with Crippen molar-refractivity contribution in [3.05, 3.63) is 12.2 Å². The van der Waals surface area contributed by atoms with E-state index in [2.05, 4.69) is 24.4 Å². The summed E-state index contributed by atoms with van der Waals surface area (Å²) >= 11 is 0. The van der Waals surface area contributed by atoms with E-state index in [-0.39, 0.29) is 6.15 Å². The van der Waals surface area contributed by atoms with Crippen LogP contribution in [0.3, 0.4) is 0 Å². The fraction of sp³-hybridized carbons (Fsp3) is 0.905. The van der Waals surface area contributed by atoms with Gasteiger partial charge in [0.1, 0.15) is 0 Å². The maximum Gasteiger partial charge on any atom is -0.00369 e. The molecule has 0 aliphatic rings. The Morgan fingerprint density at radius 3 is 1.62 bits per heavy atom. The Morgan fingerprint density at radius 2 is 1.08 bits per heavy atom. The lowest BCUT2D eigenvalue weighted by molar-refractivity contribution is 0.562. The quantitative estimate of drug-likeness (QED) is 0.195. The van der Waals surface area contributed by atoms with Gasteiger partial charge in [-0.25, -0.2) is 0 Å². The van der Waals surface area contributed by atoms with Crippen LogP contribution in [0.15, 0.2) is 12.2 Å². The summed E-state index contributed by atoms with van der Waals surface area (Å²) in [5.41, 5.74) is 5.46. The second-order valence-electron chi connectivity index (χ2n) is 6.83. The average Bonchev–Trinajstić information content (AvgIpc) is 2.57. The maximum atomic E-state index is 5.46. The molecule has 146 valence electrons. The zero-order valence-corrected chi connectivity index (χ0v) is 16.7.